The lowest BCUT2D eigenvalue weighted by atomic mass is 10.1. The maximum Gasteiger partial charge on any atom is 0.223 e. The number of carbonyl (C=O) groups is 1. The largest absolute Gasteiger partial charge is 0.341 e. The summed E-state index contributed by atoms with van der Waals surface area (Å²) >= 11 is 0. The summed E-state index contributed by atoms with van der Waals surface area (Å²) in [4.78, 5) is 14.2. The van der Waals surface area contributed by atoms with Crippen LogP contribution in [0.5, 0.6) is 0 Å². The van der Waals surface area contributed by atoms with Gasteiger partial charge in [0.1, 0.15) is 0 Å². The smallest absolute Gasteiger partial charge is 0.223 e. The average molecular weight is 339 g/mol. The number of rotatable bonds is 5. The van der Waals surface area contributed by atoms with Crippen molar-refractivity contribution in [1.29, 1.82) is 0 Å². The van der Waals surface area contributed by atoms with Crippen LogP contribution < -0.4 is 0 Å². The first-order valence-corrected chi connectivity index (χ1v) is 10.3. The molecule has 2 heterocycles. The zero-order chi connectivity index (χ0) is 16.3. The Morgan fingerprint density at radius 1 is 1.17 bits per heavy atom. The van der Waals surface area contributed by atoms with Crippen LogP contribution in [0.4, 0.5) is 0 Å². The molecule has 2 fully saturated rings. The number of aromatic nitrogens is 2. The highest BCUT2D eigenvalue weighted by atomic mass is 32.2. The van der Waals surface area contributed by atoms with Gasteiger partial charge in [0.25, 0.3) is 0 Å². The van der Waals surface area contributed by atoms with Crippen molar-refractivity contribution in [3.63, 3.8) is 0 Å². The van der Waals surface area contributed by atoms with Gasteiger partial charge in [0.05, 0.1) is 17.0 Å². The third-order valence-corrected chi connectivity index (χ3v) is 7.32. The third kappa shape index (κ3) is 3.94. The molecule has 1 aromatic heterocycles. The molecule has 0 unspecified atom stereocenters. The lowest BCUT2D eigenvalue weighted by molar-refractivity contribution is -0.132. The summed E-state index contributed by atoms with van der Waals surface area (Å²) in [5, 5.41) is 4.04. The maximum absolute atomic E-state index is 12.4. The van der Waals surface area contributed by atoms with Gasteiger partial charge in [-0.3, -0.25) is 9.48 Å². The highest BCUT2D eigenvalue weighted by molar-refractivity contribution is 7.92. The predicted octanol–water partition coefficient (Wildman–Crippen LogP) is 1.79. The van der Waals surface area contributed by atoms with Gasteiger partial charge in [-0.05, 0) is 31.7 Å². The average Bonchev–Trinajstić information content (AvgIpc) is 3.25. The molecule has 1 aromatic rings. The van der Waals surface area contributed by atoms with Gasteiger partial charge in [-0.25, -0.2) is 8.42 Å². The SMILES string of the molecule is O=C(CCS(=O)(=O)C1CCCC1)N1CCC[C@@H](n2cccn2)C1. The maximum atomic E-state index is 12.4. The van der Waals surface area contributed by atoms with E-state index in [4.69, 9.17) is 0 Å². The van der Waals surface area contributed by atoms with E-state index in [9.17, 15) is 13.2 Å². The zero-order valence-electron chi connectivity index (χ0n) is 13.4. The number of carbonyl (C=O) groups excluding carboxylic acids is 1. The number of hydrogen-bond donors (Lipinski definition) is 0. The van der Waals surface area contributed by atoms with Gasteiger partial charge in [-0.1, -0.05) is 12.8 Å². The summed E-state index contributed by atoms with van der Waals surface area (Å²) in [5.41, 5.74) is 0. The van der Waals surface area contributed by atoms with Crippen LogP contribution in [0.15, 0.2) is 18.5 Å². The second kappa shape index (κ2) is 7.03. The first-order valence-electron chi connectivity index (χ1n) is 8.55. The Balaban J connectivity index is 1.53. The third-order valence-electron chi connectivity index (χ3n) is 5.06. The van der Waals surface area contributed by atoms with Crippen LogP contribution in [0.2, 0.25) is 0 Å². The molecule has 1 amide bonds. The number of likely N-dealkylation sites (tertiary alicyclic amines) is 1. The van der Waals surface area contributed by atoms with E-state index >= 15 is 0 Å². The van der Waals surface area contributed by atoms with Gasteiger partial charge in [0.15, 0.2) is 9.84 Å². The van der Waals surface area contributed by atoms with Crippen LogP contribution in [-0.4, -0.2) is 53.1 Å². The molecule has 0 bridgehead atoms. The summed E-state index contributed by atoms with van der Waals surface area (Å²) in [7, 11) is -3.12. The minimum atomic E-state index is -3.12. The van der Waals surface area contributed by atoms with Gasteiger partial charge >= 0.3 is 0 Å². The normalized spacial score (nSPS) is 23.3. The molecule has 1 aliphatic heterocycles. The topological polar surface area (TPSA) is 72.3 Å². The lowest BCUT2D eigenvalue weighted by Gasteiger charge is -2.33. The first kappa shape index (κ1) is 16.5. The van der Waals surface area contributed by atoms with Gasteiger partial charge < -0.3 is 4.90 Å². The van der Waals surface area contributed by atoms with E-state index in [2.05, 4.69) is 5.10 Å². The van der Waals surface area contributed by atoms with Crippen molar-refractivity contribution in [3.8, 4) is 0 Å². The molecule has 1 atom stereocenters. The van der Waals surface area contributed by atoms with Crippen LogP contribution in [0.1, 0.15) is 51.0 Å². The number of hydrogen-bond acceptors (Lipinski definition) is 4. The van der Waals surface area contributed by atoms with Crippen molar-refractivity contribution in [2.75, 3.05) is 18.8 Å². The number of amides is 1. The Morgan fingerprint density at radius 2 is 1.96 bits per heavy atom. The molecule has 7 heteroatoms. The van der Waals surface area contributed by atoms with Crippen LogP contribution in [0.3, 0.4) is 0 Å². The van der Waals surface area contributed by atoms with Gasteiger partial charge in [0.2, 0.25) is 5.91 Å². The molecule has 1 saturated heterocycles. The molecule has 1 aliphatic carbocycles. The Labute approximate surface area is 137 Å². The van der Waals surface area contributed by atoms with E-state index in [1.54, 1.807) is 11.1 Å². The van der Waals surface area contributed by atoms with E-state index < -0.39 is 9.84 Å². The minimum absolute atomic E-state index is 0.000559. The van der Waals surface area contributed by atoms with Crippen molar-refractivity contribution in [2.45, 2.75) is 56.2 Å². The summed E-state index contributed by atoms with van der Waals surface area (Å²) < 4.78 is 26.5. The molecule has 3 rings (SSSR count). The highest BCUT2D eigenvalue weighted by Crippen LogP contribution is 2.26. The molecule has 2 aliphatic rings. The molecular weight excluding hydrogens is 314 g/mol. The quantitative estimate of drug-likeness (QED) is 0.820. The molecule has 128 valence electrons. The number of nitrogens with zero attached hydrogens (tertiary/aromatic N) is 3. The van der Waals surface area contributed by atoms with E-state index in [0.29, 0.717) is 6.54 Å². The van der Waals surface area contributed by atoms with E-state index in [0.717, 1.165) is 45.1 Å². The summed E-state index contributed by atoms with van der Waals surface area (Å²) in [6.45, 7) is 1.35. The molecule has 0 aromatic carbocycles. The zero-order valence-corrected chi connectivity index (χ0v) is 14.2. The van der Waals surface area contributed by atoms with Crippen molar-refractivity contribution < 1.29 is 13.2 Å². The Morgan fingerprint density at radius 3 is 2.65 bits per heavy atom. The molecule has 1 saturated carbocycles. The Kier molecular flexibility index (Phi) is 5.04. The predicted molar refractivity (Wildman–Crippen MR) is 87.7 cm³/mol. The second-order valence-electron chi connectivity index (χ2n) is 6.65. The highest BCUT2D eigenvalue weighted by Gasteiger charge is 2.30. The minimum Gasteiger partial charge on any atom is -0.341 e. The van der Waals surface area contributed by atoms with Crippen LogP contribution in [0, 0.1) is 0 Å². The van der Waals surface area contributed by atoms with E-state index in [1.807, 2.05) is 16.9 Å². The number of piperidine rings is 1. The van der Waals surface area contributed by atoms with Crippen molar-refractivity contribution in [1.82, 2.24) is 14.7 Å². The van der Waals surface area contributed by atoms with Crippen LogP contribution in [-0.2, 0) is 14.6 Å². The van der Waals surface area contributed by atoms with Crippen molar-refractivity contribution >= 4 is 15.7 Å². The number of sulfone groups is 1. The standard InChI is InChI=1S/C16H25N3O3S/c20-16(8-12-23(21,22)15-6-1-2-7-15)18-10-3-5-14(13-18)19-11-4-9-17-19/h4,9,11,14-15H,1-3,5-8,10,12-13H2/t14-/m1/s1. The fraction of sp³-hybridized carbons (Fsp3) is 0.750. The molecule has 0 radical (unpaired) electrons. The summed E-state index contributed by atoms with van der Waals surface area (Å²) in [6, 6.07) is 2.09. The summed E-state index contributed by atoms with van der Waals surface area (Å²) in [6.07, 6.45) is 9.24. The molecular formula is C16H25N3O3S. The van der Waals surface area contributed by atoms with Crippen LogP contribution >= 0.6 is 0 Å². The first-order chi connectivity index (χ1) is 11.1. The molecule has 6 nitrogen and oxygen atoms in total. The van der Waals surface area contributed by atoms with Gasteiger partial charge in [-0.2, -0.15) is 5.10 Å². The van der Waals surface area contributed by atoms with Crippen molar-refractivity contribution in [2.24, 2.45) is 0 Å². The van der Waals surface area contributed by atoms with Gasteiger partial charge in [-0.15, -0.1) is 0 Å². The molecule has 0 spiro atoms. The summed E-state index contributed by atoms with van der Waals surface area (Å²) in [5.74, 6) is -0.0391. The molecule has 23 heavy (non-hydrogen) atoms. The Bertz CT molecular complexity index is 621. The fourth-order valence-electron chi connectivity index (χ4n) is 3.70. The Hall–Kier alpha value is -1.37. The monoisotopic (exact) mass is 339 g/mol. The van der Waals surface area contributed by atoms with Crippen molar-refractivity contribution in [3.05, 3.63) is 18.5 Å². The van der Waals surface area contributed by atoms with E-state index in [-0.39, 0.29) is 29.4 Å². The second-order valence-corrected chi connectivity index (χ2v) is 9.05. The van der Waals surface area contributed by atoms with Crippen LogP contribution in [0.25, 0.3) is 0 Å². The molecule has 0 N–H and O–H groups in total. The lowest BCUT2D eigenvalue weighted by Crippen LogP contribution is -2.41. The fourth-order valence-corrected chi connectivity index (χ4v) is 5.54. The van der Waals surface area contributed by atoms with E-state index in [1.165, 1.54) is 0 Å². The van der Waals surface area contributed by atoms with Gasteiger partial charge in [0, 0.05) is 31.9 Å².